The Morgan fingerprint density at radius 3 is 2.47 bits per heavy atom. The Balaban J connectivity index is 1.30. The molecule has 0 spiro atoms. The molecule has 2 aliphatic rings. The number of pyridine rings is 1. The van der Waals surface area contributed by atoms with E-state index in [2.05, 4.69) is 24.8 Å². The van der Waals surface area contributed by atoms with Gasteiger partial charge in [0.2, 0.25) is 11.9 Å². The van der Waals surface area contributed by atoms with Gasteiger partial charge in [-0.15, -0.1) is 0 Å². The smallest absolute Gasteiger partial charge is 0.228 e. The van der Waals surface area contributed by atoms with Crippen LogP contribution >= 0.6 is 0 Å². The number of halogens is 1. The van der Waals surface area contributed by atoms with E-state index < -0.39 is 0 Å². The Hall–Kier alpha value is -3.39. The van der Waals surface area contributed by atoms with Gasteiger partial charge in [0, 0.05) is 80.7 Å². The van der Waals surface area contributed by atoms with Gasteiger partial charge in [0.1, 0.15) is 5.82 Å². The SMILES string of the molecule is Cc1ncccc1-c1cc(F)cc(N2C[C@@H](N3CCN(c4ncccn4)CC3)CC2=O)c1. The summed E-state index contributed by atoms with van der Waals surface area (Å²) in [4.78, 5) is 32.1. The molecule has 2 aliphatic heterocycles. The number of piperazine rings is 1. The van der Waals surface area contributed by atoms with Gasteiger partial charge in [0.05, 0.1) is 0 Å². The van der Waals surface area contributed by atoms with Crippen LogP contribution in [0.15, 0.2) is 55.0 Å². The third-order valence-electron chi connectivity index (χ3n) is 6.28. The lowest BCUT2D eigenvalue weighted by molar-refractivity contribution is -0.117. The molecular formula is C24H25FN6O. The van der Waals surface area contributed by atoms with E-state index in [1.807, 2.05) is 31.2 Å². The molecule has 0 aliphatic carbocycles. The number of benzene rings is 1. The molecule has 0 N–H and O–H groups in total. The molecule has 164 valence electrons. The molecule has 2 saturated heterocycles. The van der Waals surface area contributed by atoms with Crippen molar-refractivity contribution in [2.24, 2.45) is 0 Å². The second kappa shape index (κ2) is 8.63. The lowest BCUT2D eigenvalue weighted by Crippen LogP contribution is -2.51. The van der Waals surface area contributed by atoms with Gasteiger partial charge in [0.25, 0.3) is 0 Å². The van der Waals surface area contributed by atoms with Crippen LogP contribution in [-0.4, -0.2) is 64.5 Å². The zero-order valence-corrected chi connectivity index (χ0v) is 18.0. The Morgan fingerprint density at radius 2 is 1.72 bits per heavy atom. The van der Waals surface area contributed by atoms with Crippen LogP contribution < -0.4 is 9.80 Å². The van der Waals surface area contributed by atoms with E-state index in [0.29, 0.717) is 18.7 Å². The topological polar surface area (TPSA) is 65.5 Å². The minimum absolute atomic E-state index is 0.0308. The molecule has 1 atom stereocenters. The summed E-state index contributed by atoms with van der Waals surface area (Å²) < 4.78 is 14.5. The van der Waals surface area contributed by atoms with Crippen molar-refractivity contribution in [3.8, 4) is 11.1 Å². The van der Waals surface area contributed by atoms with Gasteiger partial charge in [-0.05, 0) is 42.8 Å². The number of carbonyl (C=O) groups excluding carboxylic acids is 1. The van der Waals surface area contributed by atoms with Crippen LogP contribution in [0.5, 0.6) is 0 Å². The van der Waals surface area contributed by atoms with Gasteiger partial charge in [-0.1, -0.05) is 6.07 Å². The Labute approximate surface area is 186 Å². The van der Waals surface area contributed by atoms with Gasteiger partial charge in [0.15, 0.2) is 0 Å². The van der Waals surface area contributed by atoms with Crippen LogP contribution in [0.2, 0.25) is 0 Å². The fourth-order valence-corrected chi connectivity index (χ4v) is 4.60. The first-order valence-corrected chi connectivity index (χ1v) is 10.9. The van der Waals surface area contributed by atoms with Gasteiger partial charge in [-0.3, -0.25) is 14.7 Å². The fraction of sp³-hybridized carbons (Fsp3) is 0.333. The largest absolute Gasteiger partial charge is 0.338 e. The molecule has 2 aromatic heterocycles. The minimum atomic E-state index is -0.353. The maximum absolute atomic E-state index is 14.5. The summed E-state index contributed by atoms with van der Waals surface area (Å²) in [6.07, 6.45) is 5.67. The van der Waals surface area contributed by atoms with Crippen LogP contribution in [0.1, 0.15) is 12.1 Å². The zero-order valence-electron chi connectivity index (χ0n) is 18.0. The van der Waals surface area contributed by atoms with E-state index in [1.165, 1.54) is 12.1 Å². The molecule has 0 unspecified atom stereocenters. The number of aromatic nitrogens is 3. The van der Waals surface area contributed by atoms with Crippen molar-refractivity contribution in [1.29, 1.82) is 0 Å². The van der Waals surface area contributed by atoms with E-state index in [0.717, 1.165) is 48.9 Å². The van der Waals surface area contributed by atoms with Crippen molar-refractivity contribution >= 4 is 17.5 Å². The van der Waals surface area contributed by atoms with Gasteiger partial charge < -0.3 is 9.80 Å². The maximum atomic E-state index is 14.5. The lowest BCUT2D eigenvalue weighted by Gasteiger charge is -2.37. The average molecular weight is 433 g/mol. The molecular weight excluding hydrogens is 407 g/mol. The third-order valence-corrected chi connectivity index (χ3v) is 6.28. The number of carbonyl (C=O) groups is 1. The first-order chi connectivity index (χ1) is 15.6. The first-order valence-electron chi connectivity index (χ1n) is 10.9. The van der Waals surface area contributed by atoms with Gasteiger partial charge in [-0.25, -0.2) is 14.4 Å². The second-order valence-corrected chi connectivity index (χ2v) is 8.27. The molecule has 1 amide bonds. The Bertz CT molecular complexity index is 1120. The normalized spacial score (nSPS) is 19.6. The van der Waals surface area contributed by atoms with E-state index in [1.54, 1.807) is 23.5 Å². The number of rotatable bonds is 4. The standard InChI is InChI=1S/C24H25FN6O/c1-17-22(4-2-5-26-17)18-12-19(25)14-20(13-18)31-16-21(15-23(31)32)29-8-10-30(11-9-29)24-27-6-3-7-28-24/h2-7,12-14,21H,8-11,15-16H2,1H3/t21-/m0/s1. The maximum Gasteiger partial charge on any atom is 0.228 e. The summed E-state index contributed by atoms with van der Waals surface area (Å²) in [7, 11) is 0. The molecule has 4 heterocycles. The van der Waals surface area contributed by atoms with E-state index >= 15 is 0 Å². The average Bonchev–Trinajstić information content (AvgIpc) is 3.21. The van der Waals surface area contributed by atoms with Crippen molar-refractivity contribution in [2.75, 3.05) is 42.5 Å². The van der Waals surface area contributed by atoms with E-state index in [-0.39, 0.29) is 17.8 Å². The molecule has 7 nitrogen and oxygen atoms in total. The summed E-state index contributed by atoms with van der Waals surface area (Å²) in [5, 5.41) is 0. The highest BCUT2D eigenvalue weighted by atomic mass is 19.1. The number of amides is 1. The van der Waals surface area contributed by atoms with Crippen LogP contribution in [0.4, 0.5) is 16.0 Å². The molecule has 1 aromatic carbocycles. The summed E-state index contributed by atoms with van der Waals surface area (Å²) in [5.74, 6) is 0.422. The Morgan fingerprint density at radius 1 is 0.969 bits per heavy atom. The van der Waals surface area contributed by atoms with Gasteiger partial charge in [-0.2, -0.15) is 0 Å². The van der Waals surface area contributed by atoms with E-state index in [4.69, 9.17) is 0 Å². The molecule has 32 heavy (non-hydrogen) atoms. The highest BCUT2D eigenvalue weighted by molar-refractivity contribution is 5.97. The number of hydrogen-bond donors (Lipinski definition) is 0. The first kappa shape index (κ1) is 20.5. The predicted octanol–water partition coefficient (Wildman–Crippen LogP) is 2.91. The summed E-state index contributed by atoms with van der Waals surface area (Å²) in [5.41, 5.74) is 3.04. The monoisotopic (exact) mass is 432 g/mol. The zero-order chi connectivity index (χ0) is 22.1. The summed E-state index contributed by atoms with van der Waals surface area (Å²) in [6, 6.07) is 10.5. The van der Waals surface area contributed by atoms with Crippen LogP contribution in [0, 0.1) is 12.7 Å². The van der Waals surface area contributed by atoms with Crippen LogP contribution in [0.25, 0.3) is 11.1 Å². The number of aryl methyl sites for hydroxylation is 1. The Kier molecular flexibility index (Phi) is 5.53. The molecule has 3 aromatic rings. The lowest BCUT2D eigenvalue weighted by atomic mass is 10.0. The number of hydrogen-bond acceptors (Lipinski definition) is 6. The van der Waals surface area contributed by atoms with Crippen LogP contribution in [-0.2, 0) is 4.79 Å². The second-order valence-electron chi connectivity index (χ2n) is 8.27. The van der Waals surface area contributed by atoms with Crippen molar-refractivity contribution < 1.29 is 9.18 Å². The van der Waals surface area contributed by atoms with Crippen molar-refractivity contribution in [3.05, 3.63) is 66.5 Å². The quantitative estimate of drug-likeness (QED) is 0.632. The van der Waals surface area contributed by atoms with E-state index in [9.17, 15) is 9.18 Å². The molecule has 0 radical (unpaired) electrons. The fourth-order valence-electron chi connectivity index (χ4n) is 4.60. The highest BCUT2D eigenvalue weighted by Crippen LogP contribution is 2.31. The number of anilines is 2. The van der Waals surface area contributed by atoms with Crippen molar-refractivity contribution in [2.45, 2.75) is 19.4 Å². The highest BCUT2D eigenvalue weighted by Gasteiger charge is 2.36. The van der Waals surface area contributed by atoms with Crippen LogP contribution in [0.3, 0.4) is 0 Å². The van der Waals surface area contributed by atoms with Crippen molar-refractivity contribution in [3.63, 3.8) is 0 Å². The third kappa shape index (κ3) is 4.05. The predicted molar refractivity (Wildman–Crippen MR) is 121 cm³/mol. The molecule has 0 saturated carbocycles. The van der Waals surface area contributed by atoms with Crippen molar-refractivity contribution in [1.82, 2.24) is 19.9 Å². The molecule has 0 bridgehead atoms. The summed E-state index contributed by atoms with van der Waals surface area (Å²) >= 11 is 0. The molecule has 2 fully saturated rings. The molecule has 8 heteroatoms. The summed E-state index contributed by atoms with van der Waals surface area (Å²) in [6.45, 7) is 5.78. The minimum Gasteiger partial charge on any atom is -0.338 e. The van der Waals surface area contributed by atoms with Gasteiger partial charge >= 0.3 is 0 Å². The molecule has 5 rings (SSSR count). The number of nitrogens with zero attached hydrogens (tertiary/aromatic N) is 6.